The van der Waals surface area contributed by atoms with Crippen molar-refractivity contribution in [3.8, 4) is 11.1 Å². The molecule has 0 spiro atoms. The summed E-state index contributed by atoms with van der Waals surface area (Å²) in [6, 6.07) is 14.6. The van der Waals surface area contributed by atoms with Crippen LogP contribution in [0.5, 0.6) is 0 Å². The van der Waals surface area contributed by atoms with Gasteiger partial charge >= 0.3 is 0 Å². The lowest BCUT2D eigenvalue weighted by Crippen LogP contribution is -1.99. The smallest absolute Gasteiger partial charge is 0.0793 e. The molecule has 2 aromatic carbocycles. The molecule has 1 atom stereocenters. The van der Waals surface area contributed by atoms with Gasteiger partial charge in [0.25, 0.3) is 0 Å². The molecule has 0 fully saturated rings. The van der Waals surface area contributed by atoms with Crippen molar-refractivity contribution in [3.05, 3.63) is 59.2 Å². The summed E-state index contributed by atoms with van der Waals surface area (Å²) in [6.45, 7) is 6.23. The molecular weight excluding hydrogens is 220 g/mol. The third kappa shape index (κ3) is 2.46. The van der Waals surface area contributed by atoms with Crippen molar-refractivity contribution in [2.75, 3.05) is 0 Å². The predicted octanol–water partition coefficient (Wildman–Crippen LogP) is 4.41. The molecule has 2 rings (SSSR count). The molecule has 18 heavy (non-hydrogen) atoms. The van der Waals surface area contributed by atoms with Crippen LogP contribution in [0.2, 0.25) is 0 Å². The first-order valence-corrected chi connectivity index (χ1v) is 6.48. The van der Waals surface area contributed by atoms with Gasteiger partial charge in [-0.3, -0.25) is 0 Å². The molecule has 1 N–H and O–H groups in total. The van der Waals surface area contributed by atoms with Gasteiger partial charge in [0.15, 0.2) is 0 Å². The van der Waals surface area contributed by atoms with Crippen LogP contribution in [0.4, 0.5) is 0 Å². The second-order valence-electron chi connectivity index (χ2n) is 4.83. The Morgan fingerprint density at radius 1 is 1.00 bits per heavy atom. The minimum Gasteiger partial charge on any atom is -0.388 e. The Balaban J connectivity index is 2.56. The maximum absolute atomic E-state index is 10.1. The molecule has 1 nitrogen and oxygen atoms in total. The van der Waals surface area contributed by atoms with E-state index in [-0.39, 0.29) is 6.10 Å². The molecule has 2 aromatic rings. The Morgan fingerprint density at radius 2 is 1.72 bits per heavy atom. The normalized spacial score (nSPS) is 12.4. The fourth-order valence-corrected chi connectivity index (χ4v) is 2.37. The highest BCUT2D eigenvalue weighted by Gasteiger charge is 2.12. The average Bonchev–Trinajstić information content (AvgIpc) is 2.38. The number of aryl methyl sites for hydroxylation is 2. The van der Waals surface area contributed by atoms with Crippen LogP contribution in [-0.2, 0) is 0 Å². The third-order valence-corrected chi connectivity index (χ3v) is 3.38. The fourth-order valence-electron chi connectivity index (χ4n) is 2.37. The number of benzene rings is 2. The Bertz CT molecular complexity index is 543. The molecular formula is C17H20O. The van der Waals surface area contributed by atoms with E-state index in [0.717, 1.165) is 17.5 Å². The van der Waals surface area contributed by atoms with Gasteiger partial charge in [0, 0.05) is 0 Å². The van der Waals surface area contributed by atoms with Crippen molar-refractivity contribution >= 4 is 0 Å². The summed E-state index contributed by atoms with van der Waals surface area (Å²) in [7, 11) is 0. The summed E-state index contributed by atoms with van der Waals surface area (Å²) in [5.74, 6) is 0. The van der Waals surface area contributed by atoms with Crippen LogP contribution in [0.1, 0.15) is 36.1 Å². The summed E-state index contributed by atoms with van der Waals surface area (Å²) in [5, 5.41) is 10.1. The number of aliphatic hydroxyl groups excluding tert-OH is 1. The molecule has 0 heterocycles. The molecule has 0 aromatic heterocycles. The molecule has 0 aliphatic heterocycles. The van der Waals surface area contributed by atoms with Gasteiger partial charge in [-0.15, -0.1) is 0 Å². The Labute approximate surface area is 109 Å². The van der Waals surface area contributed by atoms with Crippen molar-refractivity contribution in [1.29, 1.82) is 0 Å². The number of hydrogen-bond acceptors (Lipinski definition) is 1. The van der Waals surface area contributed by atoms with Crippen LogP contribution >= 0.6 is 0 Å². The first-order valence-electron chi connectivity index (χ1n) is 6.48. The summed E-state index contributed by atoms with van der Waals surface area (Å²) in [4.78, 5) is 0. The maximum Gasteiger partial charge on any atom is 0.0793 e. The van der Waals surface area contributed by atoms with Crippen molar-refractivity contribution in [2.24, 2.45) is 0 Å². The lowest BCUT2D eigenvalue weighted by Gasteiger charge is -2.16. The Hall–Kier alpha value is -1.60. The lowest BCUT2D eigenvalue weighted by atomic mass is 9.92. The highest BCUT2D eigenvalue weighted by atomic mass is 16.3. The molecule has 94 valence electrons. The van der Waals surface area contributed by atoms with Crippen LogP contribution in [0.25, 0.3) is 11.1 Å². The van der Waals surface area contributed by atoms with Crippen molar-refractivity contribution in [1.82, 2.24) is 0 Å². The summed E-state index contributed by atoms with van der Waals surface area (Å²) in [5.41, 5.74) is 5.90. The van der Waals surface area contributed by atoms with Gasteiger partial charge in [-0.25, -0.2) is 0 Å². The lowest BCUT2D eigenvalue weighted by molar-refractivity contribution is 0.174. The minimum atomic E-state index is -0.387. The van der Waals surface area contributed by atoms with Crippen molar-refractivity contribution < 1.29 is 5.11 Å². The van der Waals surface area contributed by atoms with Crippen molar-refractivity contribution in [3.63, 3.8) is 0 Å². The molecule has 0 radical (unpaired) electrons. The van der Waals surface area contributed by atoms with E-state index in [1.54, 1.807) is 0 Å². The maximum atomic E-state index is 10.1. The predicted molar refractivity (Wildman–Crippen MR) is 76.6 cm³/mol. The topological polar surface area (TPSA) is 20.2 Å². The highest BCUT2D eigenvalue weighted by molar-refractivity contribution is 5.71. The van der Waals surface area contributed by atoms with Crippen LogP contribution in [0.3, 0.4) is 0 Å². The zero-order chi connectivity index (χ0) is 13.1. The number of aliphatic hydroxyl groups is 1. The van der Waals surface area contributed by atoms with E-state index in [4.69, 9.17) is 0 Å². The molecule has 0 amide bonds. The second kappa shape index (κ2) is 5.36. The Morgan fingerprint density at radius 3 is 2.39 bits per heavy atom. The highest BCUT2D eigenvalue weighted by Crippen LogP contribution is 2.31. The van der Waals surface area contributed by atoms with E-state index in [2.05, 4.69) is 38.1 Å². The van der Waals surface area contributed by atoms with E-state index in [0.29, 0.717) is 0 Å². The van der Waals surface area contributed by atoms with E-state index < -0.39 is 0 Å². The summed E-state index contributed by atoms with van der Waals surface area (Å²) >= 11 is 0. The monoisotopic (exact) mass is 240 g/mol. The molecule has 0 saturated heterocycles. The molecule has 0 bridgehead atoms. The number of rotatable bonds is 3. The quantitative estimate of drug-likeness (QED) is 0.842. The van der Waals surface area contributed by atoms with E-state index in [1.165, 1.54) is 16.7 Å². The summed E-state index contributed by atoms with van der Waals surface area (Å²) in [6.07, 6.45) is 0.351. The average molecular weight is 240 g/mol. The van der Waals surface area contributed by atoms with Crippen LogP contribution in [0, 0.1) is 13.8 Å². The zero-order valence-electron chi connectivity index (χ0n) is 11.3. The van der Waals surface area contributed by atoms with Crippen LogP contribution in [-0.4, -0.2) is 5.11 Å². The first-order chi connectivity index (χ1) is 8.63. The SMILES string of the molecule is CCC(O)c1ccccc1-c1ccc(C)cc1C. The standard InChI is InChI=1S/C17H20O/c1-4-17(18)16-8-6-5-7-15(16)14-10-9-12(2)11-13(14)3/h5-11,17-18H,4H2,1-3H3. The largest absolute Gasteiger partial charge is 0.388 e. The van der Waals surface area contributed by atoms with Gasteiger partial charge in [0.1, 0.15) is 0 Å². The van der Waals surface area contributed by atoms with Gasteiger partial charge in [-0.1, -0.05) is 55.0 Å². The number of hydrogen-bond donors (Lipinski definition) is 1. The molecule has 0 saturated carbocycles. The van der Waals surface area contributed by atoms with Gasteiger partial charge in [-0.05, 0) is 42.5 Å². The van der Waals surface area contributed by atoms with E-state index >= 15 is 0 Å². The fraction of sp³-hybridized carbons (Fsp3) is 0.294. The Kier molecular flexibility index (Phi) is 3.83. The molecule has 0 aliphatic rings. The molecule has 0 aliphatic carbocycles. The first kappa shape index (κ1) is 12.8. The summed E-state index contributed by atoms with van der Waals surface area (Å²) < 4.78 is 0. The minimum absolute atomic E-state index is 0.387. The second-order valence-corrected chi connectivity index (χ2v) is 4.83. The van der Waals surface area contributed by atoms with Gasteiger partial charge in [0.2, 0.25) is 0 Å². The third-order valence-electron chi connectivity index (χ3n) is 3.38. The van der Waals surface area contributed by atoms with Gasteiger partial charge < -0.3 is 5.11 Å². The van der Waals surface area contributed by atoms with E-state index in [9.17, 15) is 5.11 Å². The van der Waals surface area contributed by atoms with Gasteiger partial charge in [0.05, 0.1) is 6.10 Å². The van der Waals surface area contributed by atoms with Crippen LogP contribution in [0.15, 0.2) is 42.5 Å². The van der Waals surface area contributed by atoms with E-state index in [1.807, 2.05) is 25.1 Å². The molecule has 1 heteroatoms. The van der Waals surface area contributed by atoms with Gasteiger partial charge in [-0.2, -0.15) is 0 Å². The van der Waals surface area contributed by atoms with Crippen LogP contribution < -0.4 is 0 Å². The van der Waals surface area contributed by atoms with Crippen molar-refractivity contribution in [2.45, 2.75) is 33.3 Å². The molecule has 1 unspecified atom stereocenters. The zero-order valence-corrected chi connectivity index (χ0v) is 11.3.